The Hall–Kier alpha value is -1.41. The Bertz CT molecular complexity index is 505. The van der Waals surface area contributed by atoms with Crippen LogP contribution in [0.2, 0.25) is 0 Å². The first-order chi connectivity index (χ1) is 7.87. The Labute approximate surface area is 98.1 Å². The van der Waals surface area contributed by atoms with Crippen LogP contribution in [0.15, 0.2) is 12.1 Å². The van der Waals surface area contributed by atoms with Crippen molar-refractivity contribution in [1.29, 1.82) is 0 Å². The highest BCUT2D eigenvalue weighted by molar-refractivity contribution is 7.89. The van der Waals surface area contributed by atoms with Gasteiger partial charge in [0.1, 0.15) is 0 Å². The summed E-state index contributed by atoms with van der Waals surface area (Å²) in [6.07, 6.45) is 0. The molecule has 1 rings (SSSR count). The average molecular weight is 265 g/mol. The minimum Gasteiger partial charge on any atom is -0.397 e. The van der Waals surface area contributed by atoms with Gasteiger partial charge in [-0.1, -0.05) is 0 Å². The molecular weight excluding hydrogens is 252 g/mol. The Morgan fingerprint density at radius 1 is 1.35 bits per heavy atom. The van der Waals surface area contributed by atoms with Gasteiger partial charge in [0.15, 0.2) is 11.6 Å². The van der Waals surface area contributed by atoms with Crippen LogP contribution in [-0.2, 0) is 10.0 Å². The summed E-state index contributed by atoms with van der Waals surface area (Å²) in [7, 11) is -2.12. The van der Waals surface area contributed by atoms with Crippen molar-refractivity contribution < 1.29 is 17.2 Å². The van der Waals surface area contributed by atoms with E-state index in [2.05, 4.69) is 10.0 Å². The van der Waals surface area contributed by atoms with Gasteiger partial charge in [-0.3, -0.25) is 0 Å². The lowest BCUT2D eigenvalue weighted by Gasteiger charge is -2.10. The Morgan fingerprint density at radius 3 is 2.59 bits per heavy atom. The molecule has 1 aromatic rings. The zero-order valence-electron chi connectivity index (χ0n) is 9.13. The second-order valence-corrected chi connectivity index (χ2v) is 5.32. The lowest BCUT2D eigenvalue weighted by atomic mass is 10.2. The van der Waals surface area contributed by atoms with Crippen LogP contribution in [0, 0.1) is 11.6 Å². The van der Waals surface area contributed by atoms with E-state index in [4.69, 9.17) is 5.73 Å². The molecule has 0 fully saturated rings. The van der Waals surface area contributed by atoms with Gasteiger partial charge in [-0.15, -0.1) is 0 Å². The molecule has 0 aliphatic carbocycles. The fourth-order valence-electron chi connectivity index (χ4n) is 1.16. The average Bonchev–Trinajstić information content (AvgIpc) is 2.28. The van der Waals surface area contributed by atoms with Crippen molar-refractivity contribution in [3.63, 3.8) is 0 Å². The molecular formula is C9H13F2N3O2S. The van der Waals surface area contributed by atoms with Crippen molar-refractivity contribution in [2.24, 2.45) is 0 Å². The van der Waals surface area contributed by atoms with E-state index >= 15 is 0 Å². The first-order valence-corrected chi connectivity index (χ1v) is 6.41. The van der Waals surface area contributed by atoms with E-state index in [0.29, 0.717) is 0 Å². The second kappa shape index (κ2) is 5.28. The van der Waals surface area contributed by atoms with Crippen LogP contribution in [0.3, 0.4) is 0 Å². The predicted molar refractivity (Wildman–Crippen MR) is 62.1 cm³/mol. The highest BCUT2D eigenvalue weighted by atomic mass is 32.2. The topological polar surface area (TPSA) is 84.2 Å². The number of nitrogens with two attached hydrogens (primary N) is 1. The van der Waals surface area contributed by atoms with E-state index in [0.717, 1.165) is 6.07 Å². The standard InChI is InChI=1S/C9H13F2N3O2S/c1-13-17(15,16)5-4-14-9-7(12)3-2-6(10)8(9)11/h2-3,13-14H,4-5,12H2,1H3. The maximum absolute atomic E-state index is 13.3. The van der Waals surface area contributed by atoms with Gasteiger partial charge in [-0.2, -0.15) is 0 Å². The highest BCUT2D eigenvalue weighted by Gasteiger charge is 2.12. The molecule has 0 saturated heterocycles. The van der Waals surface area contributed by atoms with Gasteiger partial charge < -0.3 is 11.1 Å². The maximum Gasteiger partial charge on any atom is 0.213 e. The largest absolute Gasteiger partial charge is 0.397 e. The predicted octanol–water partition coefficient (Wildman–Crippen LogP) is 0.508. The number of nitrogens with one attached hydrogen (secondary N) is 2. The quantitative estimate of drug-likeness (QED) is 0.677. The normalized spacial score (nSPS) is 11.5. The molecule has 0 amide bonds. The van der Waals surface area contributed by atoms with Crippen molar-refractivity contribution in [3.8, 4) is 0 Å². The minimum absolute atomic E-state index is 0.0192. The van der Waals surface area contributed by atoms with E-state index in [1.807, 2.05) is 0 Å². The van der Waals surface area contributed by atoms with Crippen LogP contribution >= 0.6 is 0 Å². The molecule has 96 valence electrons. The molecule has 4 N–H and O–H groups in total. The third-order valence-electron chi connectivity index (χ3n) is 2.11. The van der Waals surface area contributed by atoms with Crippen molar-refractivity contribution in [1.82, 2.24) is 4.72 Å². The molecule has 0 unspecified atom stereocenters. The minimum atomic E-state index is -3.39. The number of sulfonamides is 1. The second-order valence-electron chi connectivity index (χ2n) is 3.28. The maximum atomic E-state index is 13.3. The summed E-state index contributed by atoms with van der Waals surface area (Å²) in [5.41, 5.74) is 5.23. The van der Waals surface area contributed by atoms with Crippen LogP contribution in [0.4, 0.5) is 20.2 Å². The van der Waals surface area contributed by atoms with E-state index in [1.165, 1.54) is 13.1 Å². The molecule has 0 radical (unpaired) electrons. The Kier molecular flexibility index (Phi) is 4.24. The van der Waals surface area contributed by atoms with Crippen molar-refractivity contribution in [2.75, 3.05) is 30.4 Å². The molecule has 17 heavy (non-hydrogen) atoms. The first-order valence-electron chi connectivity index (χ1n) is 4.76. The molecule has 0 aliphatic rings. The summed E-state index contributed by atoms with van der Waals surface area (Å²) < 4.78 is 50.4. The molecule has 0 bridgehead atoms. The van der Waals surface area contributed by atoms with Gasteiger partial charge in [0.05, 0.1) is 17.1 Å². The van der Waals surface area contributed by atoms with Gasteiger partial charge in [0.25, 0.3) is 0 Å². The SMILES string of the molecule is CNS(=O)(=O)CCNc1c(N)ccc(F)c1F. The molecule has 0 spiro atoms. The van der Waals surface area contributed by atoms with Crippen molar-refractivity contribution in [3.05, 3.63) is 23.8 Å². The van der Waals surface area contributed by atoms with E-state index < -0.39 is 21.7 Å². The number of halogens is 2. The van der Waals surface area contributed by atoms with Crippen molar-refractivity contribution >= 4 is 21.4 Å². The van der Waals surface area contributed by atoms with Gasteiger partial charge in [0, 0.05) is 6.54 Å². The lowest BCUT2D eigenvalue weighted by Crippen LogP contribution is -2.26. The molecule has 1 aromatic carbocycles. The summed E-state index contributed by atoms with van der Waals surface area (Å²) >= 11 is 0. The number of benzene rings is 1. The number of rotatable bonds is 5. The summed E-state index contributed by atoms with van der Waals surface area (Å²) in [5.74, 6) is -2.43. The number of anilines is 2. The number of hydrogen-bond acceptors (Lipinski definition) is 4. The van der Waals surface area contributed by atoms with E-state index in [-0.39, 0.29) is 23.7 Å². The molecule has 5 nitrogen and oxygen atoms in total. The summed E-state index contributed by atoms with van der Waals surface area (Å²) in [6, 6.07) is 2.10. The van der Waals surface area contributed by atoms with Crippen LogP contribution in [-0.4, -0.2) is 27.8 Å². The van der Waals surface area contributed by atoms with Crippen LogP contribution in [0.25, 0.3) is 0 Å². The monoisotopic (exact) mass is 265 g/mol. The molecule has 0 atom stereocenters. The Morgan fingerprint density at radius 2 is 2.00 bits per heavy atom. The molecule has 0 saturated carbocycles. The summed E-state index contributed by atoms with van der Waals surface area (Å²) in [6.45, 7) is -0.0756. The van der Waals surface area contributed by atoms with E-state index in [9.17, 15) is 17.2 Å². The van der Waals surface area contributed by atoms with Crippen LogP contribution < -0.4 is 15.8 Å². The van der Waals surface area contributed by atoms with E-state index in [1.54, 1.807) is 0 Å². The van der Waals surface area contributed by atoms with Crippen LogP contribution in [0.5, 0.6) is 0 Å². The Balaban J connectivity index is 2.74. The zero-order chi connectivity index (χ0) is 13.1. The number of nitrogen functional groups attached to an aromatic ring is 1. The van der Waals surface area contributed by atoms with Crippen LogP contribution in [0.1, 0.15) is 0 Å². The highest BCUT2D eigenvalue weighted by Crippen LogP contribution is 2.24. The fourth-order valence-corrected chi connectivity index (χ4v) is 1.73. The third-order valence-corrected chi connectivity index (χ3v) is 3.47. The van der Waals surface area contributed by atoms with Gasteiger partial charge >= 0.3 is 0 Å². The zero-order valence-corrected chi connectivity index (χ0v) is 9.94. The van der Waals surface area contributed by atoms with Gasteiger partial charge in [0.2, 0.25) is 10.0 Å². The van der Waals surface area contributed by atoms with Gasteiger partial charge in [-0.25, -0.2) is 21.9 Å². The smallest absolute Gasteiger partial charge is 0.213 e. The third kappa shape index (κ3) is 3.53. The molecule has 0 aromatic heterocycles. The number of hydrogen-bond donors (Lipinski definition) is 3. The molecule has 0 heterocycles. The van der Waals surface area contributed by atoms with Gasteiger partial charge in [-0.05, 0) is 19.2 Å². The lowest BCUT2D eigenvalue weighted by molar-refractivity contribution is 0.511. The molecule has 8 heteroatoms. The summed E-state index contributed by atoms with van der Waals surface area (Å²) in [4.78, 5) is 0. The summed E-state index contributed by atoms with van der Waals surface area (Å²) in [5, 5.41) is 2.45. The molecule has 0 aliphatic heterocycles. The van der Waals surface area contributed by atoms with Crippen molar-refractivity contribution in [2.45, 2.75) is 0 Å². The fraction of sp³-hybridized carbons (Fsp3) is 0.333. The first kappa shape index (κ1) is 13.7.